The molecule has 9 nitrogen and oxygen atoms in total. The van der Waals surface area contributed by atoms with Gasteiger partial charge in [-0.25, -0.2) is 0 Å². The van der Waals surface area contributed by atoms with Crippen molar-refractivity contribution in [3.05, 3.63) is 65.4 Å². The fourth-order valence-electron chi connectivity index (χ4n) is 2.82. The first-order valence-electron chi connectivity index (χ1n) is 9.96. The zero-order chi connectivity index (χ0) is 23.6. The topological polar surface area (TPSA) is 116 Å². The van der Waals surface area contributed by atoms with Crippen molar-refractivity contribution in [3.63, 3.8) is 0 Å². The van der Waals surface area contributed by atoms with E-state index in [1.807, 2.05) is 24.3 Å². The highest BCUT2D eigenvalue weighted by Crippen LogP contribution is 2.29. The number of hydrogen-bond donors (Lipinski definition) is 1. The molecule has 0 saturated carbocycles. The lowest BCUT2D eigenvalue weighted by Gasteiger charge is -2.12. The molecule has 1 amide bonds. The molecule has 33 heavy (non-hydrogen) atoms. The van der Waals surface area contributed by atoms with Gasteiger partial charge in [-0.05, 0) is 42.8 Å². The zero-order valence-corrected chi connectivity index (χ0v) is 18.5. The molecule has 0 spiro atoms. The largest absolute Gasteiger partial charge is 0.497 e. The van der Waals surface area contributed by atoms with Gasteiger partial charge >= 0.3 is 0 Å². The Hall–Kier alpha value is -4.45. The van der Waals surface area contributed by atoms with Crippen LogP contribution in [0.4, 0.5) is 5.82 Å². The number of carbonyl (C=O) groups is 1. The third-order valence-corrected chi connectivity index (χ3v) is 4.38. The number of aryl methyl sites for hydroxylation is 1. The van der Waals surface area contributed by atoms with Gasteiger partial charge in [-0.3, -0.25) is 4.79 Å². The maximum Gasteiger partial charge on any atom is 0.267 e. The molecule has 3 rings (SSSR count). The number of amides is 1. The number of nitrogens with one attached hydrogen (secondary N) is 1. The Morgan fingerprint density at radius 2 is 1.85 bits per heavy atom. The van der Waals surface area contributed by atoms with E-state index in [0.717, 1.165) is 0 Å². The highest BCUT2D eigenvalue weighted by atomic mass is 16.5. The van der Waals surface area contributed by atoms with Crippen molar-refractivity contribution in [2.45, 2.75) is 6.92 Å². The summed E-state index contributed by atoms with van der Waals surface area (Å²) >= 11 is 0. The molecule has 3 aromatic rings. The Morgan fingerprint density at radius 3 is 2.55 bits per heavy atom. The number of ether oxygens (including phenoxy) is 4. The van der Waals surface area contributed by atoms with E-state index >= 15 is 0 Å². The molecule has 1 N–H and O–H groups in total. The summed E-state index contributed by atoms with van der Waals surface area (Å²) in [6.45, 7) is 2.30. The van der Waals surface area contributed by atoms with Crippen LogP contribution in [0.3, 0.4) is 0 Å². The Bertz CT molecular complexity index is 1180. The molecule has 1 heterocycles. The van der Waals surface area contributed by atoms with Crippen LogP contribution in [0.15, 0.2) is 58.6 Å². The average Bonchev–Trinajstić information content (AvgIpc) is 3.24. The van der Waals surface area contributed by atoms with Crippen LogP contribution >= 0.6 is 0 Å². The first-order chi connectivity index (χ1) is 16.0. The summed E-state index contributed by atoms with van der Waals surface area (Å²) in [6, 6.07) is 15.8. The number of methoxy groups -OCH3 is 2. The maximum atomic E-state index is 12.3. The van der Waals surface area contributed by atoms with Crippen molar-refractivity contribution < 1.29 is 28.3 Å². The predicted molar refractivity (Wildman–Crippen MR) is 120 cm³/mol. The number of nitriles is 1. The molecular formula is C24H23N3O6. The summed E-state index contributed by atoms with van der Waals surface area (Å²) in [5, 5.41) is 15.6. The minimum absolute atomic E-state index is 0.0990. The van der Waals surface area contributed by atoms with E-state index in [9.17, 15) is 10.1 Å². The number of aromatic nitrogens is 1. The lowest BCUT2D eigenvalue weighted by atomic mass is 10.1. The zero-order valence-electron chi connectivity index (χ0n) is 18.5. The number of hydrogen-bond acceptors (Lipinski definition) is 8. The lowest BCUT2D eigenvalue weighted by Crippen LogP contribution is -2.13. The molecule has 0 aliphatic carbocycles. The SMILES string of the molecule is COc1cccc(OCCOc2ccc(C=C(C#N)C(=O)Nc3cc(C)on3)cc2OC)c1. The second-order valence-corrected chi connectivity index (χ2v) is 6.73. The smallest absolute Gasteiger partial charge is 0.267 e. The molecule has 0 bridgehead atoms. The highest BCUT2D eigenvalue weighted by Gasteiger charge is 2.13. The molecule has 9 heteroatoms. The molecule has 0 radical (unpaired) electrons. The van der Waals surface area contributed by atoms with Gasteiger partial charge in [0.2, 0.25) is 0 Å². The quantitative estimate of drug-likeness (QED) is 0.280. The second kappa shape index (κ2) is 11.2. The fraction of sp³-hybridized carbons (Fsp3) is 0.208. The van der Waals surface area contributed by atoms with E-state index in [0.29, 0.717) is 40.9 Å². The Labute approximate surface area is 191 Å². The average molecular weight is 449 g/mol. The van der Waals surface area contributed by atoms with Gasteiger partial charge in [0.1, 0.15) is 42.1 Å². The predicted octanol–water partition coefficient (Wildman–Crippen LogP) is 4.00. The number of rotatable bonds is 10. The molecule has 2 aromatic carbocycles. The second-order valence-electron chi connectivity index (χ2n) is 6.73. The summed E-state index contributed by atoms with van der Waals surface area (Å²) in [5.41, 5.74) is 0.493. The molecule has 0 unspecified atom stereocenters. The van der Waals surface area contributed by atoms with Crippen LogP contribution in [0.25, 0.3) is 6.08 Å². The highest BCUT2D eigenvalue weighted by molar-refractivity contribution is 6.09. The van der Waals surface area contributed by atoms with Crippen LogP contribution in [-0.4, -0.2) is 38.5 Å². The standard InChI is InChI=1S/C24H23N3O6/c1-16-11-23(27-33-16)26-24(28)18(15-25)12-17-7-8-21(22(13-17)30-3)32-10-9-31-20-6-4-5-19(14-20)29-2/h4-8,11-14H,9-10H2,1-3H3,(H,26,27,28). The Balaban J connectivity index is 1.61. The van der Waals surface area contributed by atoms with Gasteiger partial charge in [-0.1, -0.05) is 17.3 Å². The number of anilines is 1. The van der Waals surface area contributed by atoms with Crippen molar-refractivity contribution in [1.82, 2.24) is 5.16 Å². The molecule has 1 aromatic heterocycles. The van der Waals surface area contributed by atoms with E-state index in [-0.39, 0.29) is 18.0 Å². The maximum absolute atomic E-state index is 12.3. The van der Waals surface area contributed by atoms with Gasteiger partial charge in [-0.15, -0.1) is 0 Å². The van der Waals surface area contributed by atoms with Crippen molar-refractivity contribution in [3.8, 4) is 29.1 Å². The van der Waals surface area contributed by atoms with Crippen LogP contribution in [0.5, 0.6) is 23.0 Å². The van der Waals surface area contributed by atoms with Crippen molar-refractivity contribution in [2.75, 3.05) is 32.8 Å². The van der Waals surface area contributed by atoms with Crippen LogP contribution in [-0.2, 0) is 4.79 Å². The number of carbonyl (C=O) groups excluding carboxylic acids is 1. The fourth-order valence-corrected chi connectivity index (χ4v) is 2.82. The van der Waals surface area contributed by atoms with Gasteiger partial charge in [0.25, 0.3) is 5.91 Å². The number of benzene rings is 2. The summed E-state index contributed by atoms with van der Waals surface area (Å²) in [6.07, 6.45) is 1.44. The minimum atomic E-state index is -0.597. The first-order valence-corrected chi connectivity index (χ1v) is 9.96. The van der Waals surface area contributed by atoms with Crippen LogP contribution < -0.4 is 24.3 Å². The van der Waals surface area contributed by atoms with E-state index in [2.05, 4.69) is 10.5 Å². The Kier molecular flexibility index (Phi) is 7.91. The van der Waals surface area contributed by atoms with Gasteiger partial charge in [0.05, 0.1) is 14.2 Å². The van der Waals surface area contributed by atoms with Gasteiger partial charge in [0.15, 0.2) is 17.3 Å². The van der Waals surface area contributed by atoms with Gasteiger partial charge in [0, 0.05) is 12.1 Å². The molecule has 0 aliphatic heterocycles. The molecule has 0 aliphatic rings. The molecule has 0 fully saturated rings. The molecule has 0 saturated heterocycles. The summed E-state index contributed by atoms with van der Waals surface area (Å²) in [4.78, 5) is 12.3. The van der Waals surface area contributed by atoms with Gasteiger partial charge in [-0.2, -0.15) is 5.26 Å². The van der Waals surface area contributed by atoms with Crippen molar-refractivity contribution in [1.29, 1.82) is 5.26 Å². The van der Waals surface area contributed by atoms with Crippen molar-refractivity contribution >= 4 is 17.8 Å². The van der Waals surface area contributed by atoms with Crippen LogP contribution in [0, 0.1) is 18.3 Å². The summed E-state index contributed by atoms with van der Waals surface area (Å²) in [5.74, 6) is 2.52. The van der Waals surface area contributed by atoms with Crippen LogP contribution in [0.2, 0.25) is 0 Å². The van der Waals surface area contributed by atoms with E-state index in [1.165, 1.54) is 13.2 Å². The molecule has 0 atom stereocenters. The van der Waals surface area contributed by atoms with E-state index < -0.39 is 5.91 Å². The third kappa shape index (κ3) is 6.51. The summed E-state index contributed by atoms with van der Waals surface area (Å²) in [7, 11) is 3.10. The molecule has 170 valence electrons. The van der Waals surface area contributed by atoms with Crippen molar-refractivity contribution in [2.24, 2.45) is 0 Å². The monoisotopic (exact) mass is 449 g/mol. The number of nitrogens with zero attached hydrogens (tertiary/aromatic N) is 2. The van der Waals surface area contributed by atoms with E-state index in [1.54, 1.807) is 44.4 Å². The van der Waals surface area contributed by atoms with Crippen LogP contribution in [0.1, 0.15) is 11.3 Å². The summed E-state index contributed by atoms with van der Waals surface area (Å²) < 4.78 is 26.9. The normalized spacial score (nSPS) is 10.8. The Morgan fingerprint density at radius 1 is 1.06 bits per heavy atom. The van der Waals surface area contributed by atoms with Gasteiger partial charge < -0.3 is 28.8 Å². The lowest BCUT2D eigenvalue weighted by molar-refractivity contribution is -0.112. The minimum Gasteiger partial charge on any atom is -0.497 e. The molecular weight excluding hydrogens is 426 g/mol. The van der Waals surface area contributed by atoms with E-state index in [4.69, 9.17) is 23.5 Å². The first kappa shape index (κ1) is 23.2. The third-order valence-electron chi connectivity index (χ3n) is 4.38.